The molecule has 1 unspecified atom stereocenters. The molecular formula is C26H35NO6. The van der Waals surface area contributed by atoms with E-state index in [1.54, 1.807) is 7.11 Å². The lowest BCUT2D eigenvalue weighted by Crippen LogP contribution is -2.39. The van der Waals surface area contributed by atoms with Crippen molar-refractivity contribution in [2.24, 2.45) is 16.3 Å². The highest BCUT2D eigenvalue weighted by Crippen LogP contribution is 2.48. The van der Waals surface area contributed by atoms with Crippen LogP contribution in [0.25, 0.3) is 0 Å². The molecule has 0 spiro atoms. The van der Waals surface area contributed by atoms with Gasteiger partial charge in [0, 0.05) is 35.9 Å². The van der Waals surface area contributed by atoms with E-state index < -0.39 is 17.8 Å². The molecule has 0 saturated carbocycles. The highest BCUT2D eigenvalue weighted by Gasteiger charge is 2.46. The third-order valence-electron chi connectivity index (χ3n) is 6.08. The minimum atomic E-state index is -0.696. The molecule has 2 atom stereocenters. The fourth-order valence-corrected chi connectivity index (χ4v) is 4.70. The molecule has 0 amide bonds. The number of nitrogens with zero attached hydrogens (tertiary/aromatic N) is 1. The molecule has 0 fully saturated rings. The van der Waals surface area contributed by atoms with Gasteiger partial charge in [-0.15, -0.1) is 0 Å². The Hall–Kier alpha value is -2.67. The molecule has 3 rings (SSSR count). The maximum atomic E-state index is 13.4. The van der Waals surface area contributed by atoms with Gasteiger partial charge >= 0.3 is 5.97 Å². The standard InChI is InChI=1S/C26H35NO6/c1-7-31-11-12-33-25(29)22-16(3)27-18-14-26(4,5)15-19(28)24(18)23(22)17-9-10-20(32-8-2)21(13-17)30-6/h9-10,13,22-23H,7-8,11-12,14-15H2,1-6H3/t22?,23-/m1/s1. The molecule has 33 heavy (non-hydrogen) atoms. The van der Waals surface area contributed by atoms with Gasteiger partial charge in [-0.05, 0) is 50.3 Å². The molecule has 1 aliphatic heterocycles. The van der Waals surface area contributed by atoms with Crippen molar-refractivity contribution in [1.82, 2.24) is 0 Å². The Kier molecular flexibility index (Phi) is 7.95. The molecule has 1 aliphatic carbocycles. The first kappa shape index (κ1) is 25.0. The van der Waals surface area contributed by atoms with Crippen LogP contribution in [-0.4, -0.2) is 51.0 Å². The number of ether oxygens (including phenoxy) is 4. The van der Waals surface area contributed by atoms with Gasteiger partial charge in [-0.3, -0.25) is 14.6 Å². The number of hydrogen-bond acceptors (Lipinski definition) is 7. The second kappa shape index (κ2) is 10.5. The summed E-state index contributed by atoms with van der Waals surface area (Å²) in [5.41, 5.74) is 2.66. The number of carbonyl (C=O) groups excluding carboxylic acids is 2. The zero-order valence-electron chi connectivity index (χ0n) is 20.5. The van der Waals surface area contributed by atoms with Crippen LogP contribution in [0, 0.1) is 11.3 Å². The Morgan fingerprint density at radius 3 is 2.55 bits per heavy atom. The van der Waals surface area contributed by atoms with Crippen LogP contribution in [0.2, 0.25) is 0 Å². The zero-order valence-corrected chi connectivity index (χ0v) is 20.5. The number of methoxy groups -OCH3 is 1. The van der Waals surface area contributed by atoms with Crippen LogP contribution in [-0.2, 0) is 19.1 Å². The third-order valence-corrected chi connectivity index (χ3v) is 6.08. The number of rotatable bonds is 9. The fraction of sp³-hybridized carbons (Fsp3) is 0.577. The predicted octanol–water partition coefficient (Wildman–Crippen LogP) is 4.49. The van der Waals surface area contributed by atoms with Gasteiger partial charge in [-0.1, -0.05) is 19.9 Å². The van der Waals surface area contributed by atoms with Crippen molar-refractivity contribution in [2.45, 2.75) is 53.4 Å². The normalized spacial score (nSPS) is 21.9. The summed E-state index contributed by atoms with van der Waals surface area (Å²) in [5.74, 6) is -0.390. The van der Waals surface area contributed by atoms with Gasteiger partial charge in [0.2, 0.25) is 0 Å². The van der Waals surface area contributed by atoms with Crippen LogP contribution in [0.3, 0.4) is 0 Å². The van der Waals surface area contributed by atoms with E-state index in [0.717, 1.165) is 11.3 Å². The Bertz CT molecular complexity index is 962. The molecule has 2 aliphatic rings. The quantitative estimate of drug-likeness (QED) is 0.401. The first-order valence-electron chi connectivity index (χ1n) is 11.6. The molecule has 0 saturated heterocycles. The molecule has 1 aromatic rings. The molecule has 0 N–H and O–H groups in total. The monoisotopic (exact) mass is 457 g/mol. The van der Waals surface area contributed by atoms with Gasteiger partial charge < -0.3 is 18.9 Å². The van der Waals surface area contributed by atoms with Gasteiger partial charge in [0.05, 0.1) is 20.3 Å². The molecule has 0 bridgehead atoms. The second-order valence-electron chi connectivity index (χ2n) is 9.22. The summed E-state index contributed by atoms with van der Waals surface area (Å²) in [6.07, 6.45) is 1.10. The number of Topliss-reactive ketones (excluding diaryl/α,β-unsaturated/α-hetero) is 1. The summed E-state index contributed by atoms with van der Waals surface area (Å²) in [6.45, 7) is 11.3. The van der Waals surface area contributed by atoms with Crippen molar-refractivity contribution in [1.29, 1.82) is 0 Å². The topological polar surface area (TPSA) is 83.4 Å². The third kappa shape index (κ3) is 5.46. The first-order chi connectivity index (χ1) is 15.7. The maximum absolute atomic E-state index is 13.4. The van der Waals surface area contributed by atoms with Crippen LogP contribution in [0.1, 0.15) is 58.9 Å². The van der Waals surface area contributed by atoms with Gasteiger partial charge in [0.25, 0.3) is 0 Å². The lowest BCUT2D eigenvalue weighted by atomic mass is 9.67. The molecule has 7 heteroatoms. The Morgan fingerprint density at radius 2 is 1.88 bits per heavy atom. The summed E-state index contributed by atoms with van der Waals surface area (Å²) >= 11 is 0. The minimum absolute atomic E-state index is 0.0301. The van der Waals surface area contributed by atoms with Crippen LogP contribution in [0.4, 0.5) is 0 Å². The van der Waals surface area contributed by atoms with Gasteiger partial charge in [0.15, 0.2) is 17.3 Å². The Labute approximate surface area is 196 Å². The van der Waals surface area contributed by atoms with Crippen LogP contribution in [0.15, 0.2) is 34.5 Å². The van der Waals surface area contributed by atoms with Gasteiger partial charge in [0.1, 0.15) is 12.5 Å². The number of hydrogen-bond donors (Lipinski definition) is 0. The molecule has 7 nitrogen and oxygen atoms in total. The smallest absolute Gasteiger partial charge is 0.315 e. The zero-order chi connectivity index (χ0) is 24.2. The van der Waals surface area contributed by atoms with Crippen molar-refractivity contribution in [2.75, 3.05) is 33.5 Å². The van der Waals surface area contributed by atoms with E-state index in [2.05, 4.69) is 13.8 Å². The summed E-state index contributed by atoms with van der Waals surface area (Å²) in [4.78, 5) is 31.4. The van der Waals surface area contributed by atoms with E-state index in [1.165, 1.54) is 0 Å². The summed E-state index contributed by atoms with van der Waals surface area (Å²) in [7, 11) is 1.58. The van der Waals surface area contributed by atoms with Gasteiger partial charge in [-0.25, -0.2) is 0 Å². The number of ketones is 1. The Balaban J connectivity index is 2.07. The van der Waals surface area contributed by atoms with Crippen molar-refractivity contribution in [3.8, 4) is 11.5 Å². The molecule has 1 heterocycles. The van der Waals surface area contributed by atoms with Crippen molar-refractivity contribution >= 4 is 17.5 Å². The number of allylic oxidation sites excluding steroid dienone is 2. The lowest BCUT2D eigenvalue weighted by molar-refractivity contribution is -0.148. The second-order valence-corrected chi connectivity index (χ2v) is 9.22. The average molecular weight is 458 g/mol. The van der Waals surface area contributed by atoms with E-state index in [1.807, 2.05) is 39.0 Å². The van der Waals surface area contributed by atoms with E-state index in [-0.39, 0.29) is 17.8 Å². The van der Waals surface area contributed by atoms with Gasteiger partial charge in [-0.2, -0.15) is 0 Å². The molecule has 0 radical (unpaired) electrons. The minimum Gasteiger partial charge on any atom is -0.493 e. The number of benzene rings is 1. The largest absolute Gasteiger partial charge is 0.493 e. The first-order valence-corrected chi connectivity index (χ1v) is 11.6. The summed E-state index contributed by atoms with van der Waals surface area (Å²) in [6, 6.07) is 5.58. The SMILES string of the molecule is CCOCCOC(=O)C1C(C)=NC2=C(C(=O)CC(C)(C)C2)[C@@H]1c1ccc(OCC)c(OC)c1. The number of esters is 1. The fourth-order valence-electron chi connectivity index (χ4n) is 4.70. The molecule has 1 aromatic carbocycles. The van der Waals surface area contributed by atoms with E-state index in [9.17, 15) is 9.59 Å². The average Bonchev–Trinajstić information content (AvgIpc) is 2.75. The van der Waals surface area contributed by atoms with Crippen molar-refractivity contribution < 1.29 is 28.5 Å². The van der Waals surface area contributed by atoms with E-state index in [0.29, 0.717) is 55.4 Å². The molecular weight excluding hydrogens is 422 g/mol. The maximum Gasteiger partial charge on any atom is 0.315 e. The van der Waals surface area contributed by atoms with Crippen molar-refractivity contribution in [3.05, 3.63) is 35.0 Å². The molecule has 180 valence electrons. The Morgan fingerprint density at radius 1 is 1.12 bits per heavy atom. The van der Waals surface area contributed by atoms with Crippen LogP contribution >= 0.6 is 0 Å². The number of carbonyl (C=O) groups is 2. The summed E-state index contributed by atoms with van der Waals surface area (Å²) in [5, 5.41) is 0. The van der Waals surface area contributed by atoms with Crippen molar-refractivity contribution in [3.63, 3.8) is 0 Å². The predicted molar refractivity (Wildman–Crippen MR) is 126 cm³/mol. The van der Waals surface area contributed by atoms with Crippen LogP contribution < -0.4 is 9.47 Å². The molecule has 0 aromatic heterocycles. The number of aliphatic imine (C=N–C) groups is 1. The highest BCUT2D eigenvalue weighted by atomic mass is 16.6. The van der Waals surface area contributed by atoms with E-state index >= 15 is 0 Å². The highest BCUT2D eigenvalue weighted by molar-refractivity contribution is 6.09. The van der Waals surface area contributed by atoms with Crippen LogP contribution in [0.5, 0.6) is 11.5 Å². The summed E-state index contributed by atoms with van der Waals surface area (Å²) < 4.78 is 22.1. The lowest BCUT2D eigenvalue weighted by Gasteiger charge is -2.39. The van der Waals surface area contributed by atoms with E-state index in [4.69, 9.17) is 23.9 Å².